The third kappa shape index (κ3) is 2.76. The third-order valence-corrected chi connectivity index (χ3v) is 5.25. The molecule has 2 atom stereocenters. The van der Waals surface area contributed by atoms with Gasteiger partial charge >= 0.3 is 0 Å². The average Bonchev–Trinajstić information content (AvgIpc) is 3.06. The van der Waals surface area contributed by atoms with Crippen molar-refractivity contribution in [2.24, 2.45) is 11.0 Å². The topological polar surface area (TPSA) is 32.7 Å². The zero-order chi connectivity index (χ0) is 15.9. The highest BCUT2D eigenvalue weighted by molar-refractivity contribution is 7.10. The Morgan fingerprint density at radius 1 is 1.32 bits per heavy atom. The number of nitrogens with zero attached hydrogens (tertiary/aromatic N) is 2. The molecule has 1 aromatic heterocycles. The van der Waals surface area contributed by atoms with Gasteiger partial charge in [-0.05, 0) is 41.2 Å². The first-order valence-electron chi connectivity index (χ1n) is 6.55. The minimum atomic E-state index is -0.540. The molecule has 0 N–H and O–H groups in total. The number of benzene rings is 1. The molecule has 114 valence electrons. The first-order valence-corrected chi connectivity index (χ1v) is 8.56. The fraction of sp³-hybridized carbons (Fsp3) is 0.200. The Hall–Kier alpha value is -1.07. The minimum absolute atomic E-state index is 0.114. The molecule has 0 saturated heterocycles. The first-order chi connectivity index (χ1) is 10.5. The van der Waals surface area contributed by atoms with Crippen molar-refractivity contribution < 1.29 is 4.79 Å². The molecule has 7 heteroatoms. The van der Waals surface area contributed by atoms with Crippen LogP contribution in [0.15, 0.2) is 40.8 Å². The van der Waals surface area contributed by atoms with Crippen molar-refractivity contribution in [2.75, 3.05) is 5.01 Å². The second kappa shape index (κ2) is 6.20. The highest BCUT2D eigenvalue weighted by Gasteiger charge is 2.39. The van der Waals surface area contributed by atoms with Gasteiger partial charge in [-0.3, -0.25) is 9.80 Å². The van der Waals surface area contributed by atoms with Crippen LogP contribution in [0.4, 0.5) is 5.69 Å². The largest absolute Gasteiger partial charge is 0.274 e. The summed E-state index contributed by atoms with van der Waals surface area (Å²) in [6.45, 7) is 1.94. The van der Waals surface area contributed by atoms with E-state index in [1.54, 1.807) is 34.5 Å². The van der Waals surface area contributed by atoms with Crippen molar-refractivity contribution in [3.63, 3.8) is 0 Å². The van der Waals surface area contributed by atoms with Gasteiger partial charge in [0.25, 0.3) is 5.24 Å². The van der Waals surface area contributed by atoms with E-state index >= 15 is 0 Å². The predicted octanol–water partition coefficient (Wildman–Crippen LogP) is 5.37. The highest BCUT2D eigenvalue weighted by Crippen LogP contribution is 2.43. The molecule has 0 unspecified atom stereocenters. The second-order valence-electron chi connectivity index (χ2n) is 4.95. The molecule has 1 aromatic carbocycles. The van der Waals surface area contributed by atoms with Gasteiger partial charge in [-0.25, -0.2) is 0 Å². The van der Waals surface area contributed by atoms with Crippen molar-refractivity contribution in [1.82, 2.24) is 0 Å². The summed E-state index contributed by atoms with van der Waals surface area (Å²) in [6.07, 6.45) is 0. The summed E-state index contributed by atoms with van der Waals surface area (Å²) in [6, 6.07) is 9.06. The van der Waals surface area contributed by atoms with Gasteiger partial charge in [0, 0.05) is 15.8 Å². The van der Waals surface area contributed by atoms with Crippen molar-refractivity contribution in [2.45, 2.75) is 13.0 Å². The van der Waals surface area contributed by atoms with Gasteiger partial charge in [-0.2, -0.15) is 5.10 Å². The predicted molar refractivity (Wildman–Crippen MR) is 93.5 cm³/mol. The maximum absolute atomic E-state index is 11.6. The standard InChI is InChI=1S/C15H11Cl3N2OS/c1-8-13(15(18)21)19-20(14(8)12-3-2-6-22-12)11-5-4-9(16)7-10(11)17/h2-8,14H,1H3/t8-,14+/m0/s1. The van der Waals surface area contributed by atoms with Crippen LogP contribution >= 0.6 is 46.1 Å². The molecule has 0 radical (unpaired) electrons. The number of rotatable bonds is 3. The molecular weight excluding hydrogens is 363 g/mol. The molecule has 3 nitrogen and oxygen atoms in total. The van der Waals surface area contributed by atoms with E-state index in [2.05, 4.69) is 5.10 Å². The summed E-state index contributed by atoms with van der Waals surface area (Å²) in [5.41, 5.74) is 1.04. The van der Waals surface area contributed by atoms with Crippen molar-refractivity contribution >= 4 is 62.8 Å². The van der Waals surface area contributed by atoms with Gasteiger partial charge in [0.1, 0.15) is 5.71 Å². The van der Waals surface area contributed by atoms with Crippen LogP contribution in [0, 0.1) is 5.92 Å². The van der Waals surface area contributed by atoms with Crippen LogP contribution in [-0.2, 0) is 4.79 Å². The van der Waals surface area contributed by atoms with Crippen LogP contribution in [0.2, 0.25) is 10.0 Å². The number of halogens is 3. The number of thiophene rings is 1. The lowest BCUT2D eigenvalue weighted by Crippen LogP contribution is -2.24. The molecule has 0 bridgehead atoms. The Morgan fingerprint density at radius 2 is 2.09 bits per heavy atom. The van der Waals surface area contributed by atoms with E-state index in [0.717, 1.165) is 4.88 Å². The number of hydrogen-bond acceptors (Lipinski definition) is 4. The monoisotopic (exact) mass is 372 g/mol. The van der Waals surface area contributed by atoms with Crippen LogP contribution in [-0.4, -0.2) is 11.0 Å². The maximum atomic E-state index is 11.6. The van der Waals surface area contributed by atoms with Crippen molar-refractivity contribution in [3.8, 4) is 0 Å². The lowest BCUT2D eigenvalue weighted by molar-refractivity contribution is -0.106. The smallest absolute Gasteiger partial charge is 0.268 e. The summed E-state index contributed by atoms with van der Waals surface area (Å²) in [5, 5.41) is 8.65. The van der Waals surface area contributed by atoms with Gasteiger partial charge in [-0.1, -0.05) is 36.2 Å². The molecule has 2 heterocycles. The number of anilines is 1. The van der Waals surface area contributed by atoms with E-state index in [-0.39, 0.29) is 12.0 Å². The van der Waals surface area contributed by atoms with E-state index in [0.29, 0.717) is 21.4 Å². The first kappa shape index (κ1) is 15.8. The van der Waals surface area contributed by atoms with Gasteiger partial charge in [-0.15, -0.1) is 11.3 Å². The molecule has 0 aliphatic carbocycles. The van der Waals surface area contributed by atoms with Crippen LogP contribution in [0.25, 0.3) is 0 Å². The van der Waals surface area contributed by atoms with Crippen LogP contribution in [0.1, 0.15) is 17.8 Å². The average molecular weight is 374 g/mol. The van der Waals surface area contributed by atoms with E-state index < -0.39 is 5.24 Å². The normalized spacial score (nSPS) is 21.1. The Kier molecular flexibility index (Phi) is 4.46. The summed E-state index contributed by atoms with van der Waals surface area (Å²) in [7, 11) is 0. The minimum Gasteiger partial charge on any atom is -0.274 e. The van der Waals surface area contributed by atoms with Crippen molar-refractivity contribution in [1.29, 1.82) is 0 Å². The number of carbonyl (C=O) groups is 1. The van der Waals surface area contributed by atoms with Crippen LogP contribution in [0.5, 0.6) is 0 Å². The summed E-state index contributed by atoms with van der Waals surface area (Å²) >= 11 is 19.5. The molecule has 0 amide bonds. The second-order valence-corrected chi connectivity index (χ2v) is 7.11. The van der Waals surface area contributed by atoms with Crippen molar-refractivity contribution in [3.05, 3.63) is 50.6 Å². The molecule has 0 spiro atoms. The number of hydrazone groups is 1. The summed E-state index contributed by atoms with van der Waals surface area (Å²) in [4.78, 5) is 12.7. The number of carbonyl (C=O) groups excluding carboxylic acids is 1. The highest BCUT2D eigenvalue weighted by atomic mass is 35.5. The molecule has 3 rings (SSSR count). The lowest BCUT2D eigenvalue weighted by Gasteiger charge is -2.26. The Labute approximate surface area is 147 Å². The molecule has 22 heavy (non-hydrogen) atoms. The maximum Gasteiger partial charge on any atom is 0.268 e. The zero-order valence-corrected chi connectivity index (χ0v) is 14.5. The van der Waals surface area contributed by atoms with E-state index in [9.17, 15) is 4.79 Å². The fourth-order valence-electron chi connectivity index (χ4n) is 2.55. The van der Waals surface area contributed by atoms with Gasteiger partial charge < -0.3 is 0 Å². The SMILES string of the molecule is C[C@H]1C(C(=O)Cl)=NN(c2ccc(Cl)cc2Cl)[C@H]1c1cccs1. The molecule has 1 aliphatic heterocycles. The van der Waals surface area contributed by atoms with Gasteiger partial charge in [0.15, 0.2) is 0 Å². The zero-order valence-electron chi connectivity index (χ0n) is 11.5. The summed E-state index contributed by atoms with van der Waals surface area (Å²) in [5.74, 6) is -0.129. The molecule has 0 saturated carbocycles. The van der Waals surface area contributed by atoms with E-state index in [1.807, 2.05) is 24.4 Å². The molecule has 2 aromatic rings. The molecule has 0 fully saturated rings. The Bertz CT molecular complexity index is 745. The summed E-state index contributed by atoms with van der Waals surface area (Å²) < 4.78 is 0. The molecule has 1 aliphatic rings. The van der Waals surface area contributed by atoms with Crippen LogP contribution < -0.4 is 5.01 Å². The van der Waals surface area contributed by atoms with Crippen LogP contribution in [0.3, 0.4) is 0 Å². The number of hydrogen-bond donors (Lipinski definition) is 0. The fourth-order valence-corrected chi connectivity index (χ4v) is 4.17. The lowest BCUT2D eigenvalue weighted by atomic mass is 9.96. The Balaban J connectivity index is 2.10. The van der Waals surface area contributed by atoms with E-state index in [1.165, 1.54) is 0 Å². The van der Waals surface area contributed by atoms with Gasteiger partial charge in [0.05, 0.1) is 16.8 Å². The quantitative estimate of drug-likeness (QED) is 0.677. The Morgan fingerprint density at radius 3 is 2.68 bits per heavy atom. The third-order valence-electron chi connectivity index (χ3n) is 3.58. The van der Waals surface area contributed by atoms with E-state index in [4.69, 9.17) is 34.8 Å². The van der Waals surface area contributed by atoms with Gasteiger partial charge in [0.2, 0.25) is 0 Å². The molecular formula is C15H11Cl3N2OS.